The van der Waals surface area contributed by atoms with Gasteiger partial charge in [0.15, 0.2) is 0 Å². The highest BCUT2D eigenvalue weighted by Crippen LogP contribution is 2.42. The van der Waals surface area contributed by atoms with Crippen LogP contribution in [0.1, 0.15) is 73.1 Å². The van der Waals surface area contributed by atoms with Gasteiger partial charge in [0.25, 0.3) is 0 Å². The highest BCUT2D eigenvalue weighted by Gasteiger charge is 2.22. The summed E-state index contributed by atoms with van der Waals surface area (Å²) in [5, 5.41) is 0.922. The van der Waals surface area contributed by atoms with Gasteiger partial charge >= 0.3 is 0 Å². The van der Waals surface area contributed by atoms with Crippen molar-refractivity contribution in [2.75, 3.05) is 19.3 Å². The summed E-state index contributed by atoms with van der Waals surface area (Å²) in [7, 11) is -2.59. The van der Waals surface area contributed by atoms with Crippen molar-refractivity contribution in [1.29, 1.82) is 0 Å². The van der Waals surface area contributed by atoms with Gasteiger partial charge in [-0.3, -0.25) is 4.79 Å². The van der Waals surface area contributed by atoms with E-state index in [4.69, 9.17) is 0 Å². The van der Waals surface area contributed by atoms with E-state index >= 15 is 0 Å². The molecule has 0 saturated heterocycles. The Morgan fingerprint density at radius 2 is 1.50 bits per heavy atom. The van der Waals surface area contributed by atoms with E-state index in [1.807, 2.05) is 35.2 Å². The molecule has 0 radical (unpaired) electrons. The fourth-order valence-electron chi connectivity index (χ4n) is 3.49. The molecule has 1 amide bonds. The van der Waals surface area contributed by atoms with E-state index in [0.29, 0.717) is 18.0 Å². The van der Waals surface area contributed by atoms with Crippen molar-refractivity contribution in [1.82, 2.24) is 4.90 Å². The summed E-state index contributed by atoms with van der Waals surface area (Å²) in [5.41, 5.74) is 0. The van der Waals surface area contributed by atoms with Crippen LogP contribution in [0.3, 0.4) is 0 Å². The molecular formula is C24H42NO2P. The van der Waals surface area contributed by atoms with Gasteiger partial charge in [-0.1, -0.05) is 97.1 Å². The minimum atomic E-state index is -2.59. The highest BCUT2D eigenvalue weighted by molar-refractivity contribution is 7.78. The van der Waals surface area contributed by atoms with E-state index in [1.54, 1.807) is 5.80 Å². The second-order valence-electron chi connectivity index (χ2n) is 8.81. The predicted molar refractivity (Wildman–Crippen MR) is 126 cm³/mol. The van der Waals surface area contributed by atoms with E-state index < -0.39 is 7.11 Å². The fourth-order valence-corrected chi connectivity index (χ4v) is 5.95. The Hall–Kier alpha value is -1.05. The zero-order valence-electron chi connectivity index (χ0n) is 18.7. The summed E-state index contributed by atoms with van der Waals surface area (Å²) in [4.78, 5) is 26.6. The molecule has 0 aliphatic carbocycles. The second kappa shape index (κ2) is 13.2. The lowest BCUT2D eigenvalue weighted by Gasteiger charge is -2.27. The first-order chi connectivity index (χ1) is 13.3. The van der Waals surface area contributed by atoms with E-state index in [0.717, 1.165) is 31.2 Å². The van der Waals surface area contributed by atoms with Gasteiger partial charge in [-0.05, 0) is 29.7 Å². The molecule has 1 rings (SSSR count). The molecule has 160 valence electrons. The van der Waals surface area contributed by atoms with Crippen molar-refractivity contribution in [3.8, 4) is 0 Å². The molecule has 0 aliphatic rings. The third-order valence-corrected chi connectivity index (χ3v) is 7.70. The van der Waals surface area contributed by atoms with Crippen LogP contribution < -0.4 is 5.30 Å². The van der Waals surface area contributed by atoms with Crippen LogP contribution in [0, 0.1) is 11.8 Å². The Morgan fingerprint density at radius 3 is 2.04 bits per heavy atom. The van der Waals surface area contributed by atoms with Crippen molar-refractivity contribution >= 4 is 24.1 Å². The number of benzene rings is 1. The summed E-state index contributed by atoms with van der Waals surface area (Å²) in [6.07, 6.45) is 7.79. The number of unbranched alkanes of at least 4 members (excludes halogenated alkanes) is 5. The molecule has 0 fully saturated rings. The van der Waals surface area contributed by atoms with Crippen LogP contribution in [0.4, 0.5) is 0 Å². The average molecular weight is 408 g/mol. The molecule has 3 nitrogen and oxygen atoms in total. The predicted octanol–water partition coefficient (Wildman–Crippen LogP) is 5.54. The molecule has 1 aromatic rings. The normalized spacial score (nSPS) is 13.6. The van der Waals surface area contributed by atoms with Crippen molar-refractivity contribution in [2.24, 2.45) is 11.8 Å². The lowest BCUT2D eigenvalue weighted by Crippen LogP contribution is -2.38. The molecule has 1 atom stereocenters. The molecule has 0 bridgehead atoms. The monoisotopic (exact) mass is 407 g/mol. The lowest BCUT2D eigenvalue weighted by atomic mass is 10.1. The maximum Gasteiger partial charge on any atom is 0.249 e. The molecule has 28 heavy (non-hydrogen) atoms. The number of rotatable bonds is 13. The van der Waals surface area contributed by atoms with Gasteiger partial charge in [0.1, 0.15) is 0 Å². The molecule has 0 aromatic heterocycles. The number of nitrogens with zero attached hydrogens (tertiary/aromatic N) is 1. The Balaban J connectivity index is 3.00. The van der Waals surface area contributed by atoms with Gasteiger partial charge < -0.3 is 9.79 Å². The smallest absolute Gasteiger partial charge is 0.249 e. The molecule has 4 heteroatoms. The van der Waals surface area contributed by atoms with Gasteiger partial charge in [0, 0.05) is 26.0 Å². The standard InChI is InChI=1S/C24H42NO2P/c1-6-7-8-9-10-14-17-28(27,23-15-12-11-13-16-23)20-24(26)25(18-21(2)3)19-22(4)5/h11-13,15-16,20-22,27H,6-10,14,17-19H2,1-5H3. The molecule has 0 aliphatic heterocycles. The van der Waals surface area contributed by atoms with Crippen LogP contribution in [0.5, 0.6) is 0 Å². The van der Waals surface area contributed by atoms with Gasteiger partial charge in [-0.25, -0.2) is 0 Å². The van der Waals surface area contributed by atoms with Crippen LogP contribution in [-0.4, -0.2) is 40.7 Å². The topological polar surface area (TPSA) is 40.5 Å². The quantitative estimate of drug-likeness (QED) is 0.344. The molecule has 1 aromatic carbocycles. The fraction of sp³-hybridized carbons (Fsp3) is 0.667. The first kappa shape index (κ1) is 25.0. The molecule has 1 unspecified atom stereocenters. The first-order valence-electron chi connectivity index (χ1n) is 11.1. The Kier molecular flexibility index (Phi) is 11.8. The number of amides is 1. The van der Waals surface area contributed by atoms with Crippen molar-refractivity contribution < 1.29 is 9.69 Å². The molecular weight excluding hydrogens is 365 g/mol. The van der Waals surface area contributed by atoms with E-state index in [9.17, 15) is 9.69 Å². The third kappa shape index (κ3) is 9.43. The van der Waals surface area contributed by atoms with Gasteiger partial charge in [0.05, 0.1) is 0 Å². The number of hydrogen-bond donors (Lipinski definition) is 1. The molecule has 0 spiro atoms. The third-order valence-electron chi connectivity index (χ3n) is 4.86. The van der Waals surface area contributed by atoms with E-state index in [1.165, 1.54) is 25.7 Å². The summed E-state index contributed by atoms with van der Waals surface area (Å²) in [6, 6.07) is 9.83. The van der Waals surface area contributed by atoms with Gasteiger partial charge in [-0.2, -0.15) is 0 Å². The van der Waals surface area contributed by atoms with E-state index in [2.05, 4.69) is 34.6 Å². The maximum atomic E-state index is 13.1. The minimum absolute atomic E-state index is 0.00642. The largest absolute Gasteiger partial charge is 0.371 e. The van der Waals surface area contributed by atoms with Crippen LogP contribution in [0.25, 0.3) is 0 Å². The van der Waals surface area contributed by atoms with Crippen LogP contribution in [0.2, 0.25) is 0 Å². The maximum absolute atomic E-state index is 13.1. The Morgan fingerprint density at radius 1 is 0.964 bits per heavy atom. The highest BCUT2D eigenvalue weighted by atomic mass is 31.2. The van der Waals surface area contributed by atoms with Crippen molar-refractivity contribution in [2.45, 2.75) is 73.1 Å². The number of hydrogen-bond acceptors (Lipinski definition) is 2. The minimum Gasteiger partial charge on any atom is -0.371 e. The summed E-state index contributed by atoms with van der Waals surface area (Å²) in [6.45, 7) is 12.2. The van der Waals surface area contributed by atoms with Gasteiger partial charge in [-0.15, -0.1) is 0 Å². The number of carbonyl (C=O) groups is 1. The van der Waals surface area contributed by atoms with Crippen molar-refractivity contribution in [3.05, 3.63) is 30.3 Å². The SMILES string of the molecule is CCCCCCCCP(O)(=CC(=O)N(CC(C)C)CC(C)C)c1ccccc1. The van der Waals surface area contributed by atoms with E-state index in [-0.39, 0.29) is 5.91 Å². The van der Waals surface area contributed by atoms with Crippen LogP contribution in [-0.2, 0) is 4.79 Å². The zero-order valence-corrected chi connectivity index (χ0v) is 19.6. The average Bonchev–Trinajstić information content (AvgIpc) is 2.64. The molecule has 1 N–H and O–H groups in total. The van der Waals surface area contributed by atoms with Crippen LogP contribution in [0.15, 0.2) is 30.3 Å². The zero-order chi connectivity index (χ0) is 21.0. The summed E-state index contributed by atoms with van der Waals surface area (Å²) < 4.78 is 0. The molecule has 0 heterocycles. The lowest BCUT2D eigenvalue weighted by molar-refractivity contribution is -0.124. The molecule has 0 saturated carbocycles. The van der Waals surface area contributed by atoms with Crippen molar-refractivity contribution in [3.63, 3.8) is 0 Å². The second-order valence-corrected chi connectivity index (χ2v) is 11.7. The first-order valence-corrected chi connectivity index (χ1v) is 13.1. The Labute approximate surface area is 173 Å². The summed E-state index contributed by atoms with van der Waals surface area (Å²) in [5.74, 6) is 2.50. The van der Waals surface area contributed by atoms with Crippen LogP contribution >= 0.6 is 7.11 Å². The summed E-state index contributed by atoms with van der Waals surface area (Å²) >= 11 is 0. The number of carbonyl (C=O) groups excluding carboxylic acids is 1. The van der Waals surface area contributed by atoms with Gasteiger partial charge in [0.2, 0.25) is 5.91 Å². The Bertz CT molecular complexity index is 600.